The molecule has 0 unspecified atom stereocenters. The quantitative estimate of drug-likeness (QED) is 0.593. The van der Waals surface area contributed by atoms with E-state index in [1.54, 1.807) is 17.9 Å². The third-order valence-electron chi connectivity index (χ3n) is 4.43. The fourth-order valence-electron chi connectivity index (χ4n) is 3.10. The predicted molar refractivity (Wildman–Crippen MR) is 102 cm³/mol. The molecule has 4 aromatic rings. The molecule has 0 aliphatic carbocycles. The van der Waals surface area contributed by atoms with Gasteiger partial charge >= 0.3 is 5.69 Å². The Morgan fingerprint density at radius 1 is 1.11 bits per heavy atom. The molecule has 0 saturated carbocycles. The molecule has 0 aliphatic rings. The molecule has 2 aromatic carbocycles. The van der Waals surface area contributed by atoms with E-state index in [0.717, 1.165) is 16.7 Å². The smallest absolute Gasteiger partial charge is 0.351 e. The number of ether oxygens (including phenoxy) is 1. The van der Waals surface area contributed by atoms with E-state index in [1.807, 2.05) is 61.7 Å². The average molecular weight is 361 g/mol. The molecule has 0 amide bonds. The summed E-state index contributed by atoms with van der Waals surface area (Å²) in [6, 6.07) is 15.5. The van der Waals surface area contributed by atoms with E-state index >= 15 is 0 Å². The molecular weight excluding hydrogens is 342 g/mol. The first kappa shape index (κ1) is 16.8. The first-order chi connectivity index (χ1) is 13.2. The third kappa shape index (κ3) is 3.15. The third-order valence-corrected chi connectivity index (χ3v) is 4.43. The van der Waals surface area contributed by atoms with Gasteiger partial charge in [0.05, 0.1) is 25.5 Å². The van der Waals surface area contributed by atoms with Crippen LogP contribution in [0.3, 0.4) is 0 Å². The molecule has 0 spiro atoms. The maximum absolute atomic E-state index is 13.0. The van der Waals surface area contributed by atoms with Crippen LogP contribution in [0.1, 0.15) is 11.4 Å². The van der Waals surface area contributed by atoms with Gasteiger partial charge in [-0.25, -0.2) is 14.0 Å². The lowest BCUT2D eigenvalue weighted by Gasteiger charge is -2.11. The van der Waals surface area contributed by atoms with Crippen LogP contribution in [-0.2, 0) is 6.54 Å². The van der Waals surface area contributed by atoms with Gasteiger partial charge in [0.1, 0.15) is 11.6 Å². The van der Waals surface area contributed by atoms with Crippen LogP contribution in [0.25, 0.3) is 16.8 Å². The Kier molecular flexibility index (Phi) is 4.33. The molecule has 0 bridgehead atoms. The van der Waals surface area contributed by atoms with Crippen molar-refractivity contribution < 1.29 is 4.74 Å². The van der Waals surface area contributed by atoms with Gasteiger partial charge in [-0.05, 0) is 30.2 Å². The minimum Gasteiger partial charge on any atom is -0.495 e. The highest BCUT2D eigenvalue weighted by atomic mass is 16.5. The van der Waals surface area contributed by atoms with Crippen LogP contribution in [0.4, 0.5) is 0 Å². The molecule has 7 nitrogen and oxygen atoms in total. The zero-order chi connectivity index (χ0) is 18.8. The van der Waals surface area contributed by atoms with Crippen molar-refractivity contribution in [3.8, 4) is 22.6 Å². The van der Waals surface area contributed by atoms with Crippen molar-refractivity contribution in [2.45, 2.75) is 13.5 Å². The molecule has 27 heavy (non-hydrogen) atoms. The van der Waals surface area contributed by atoms with Gasteiger partial charge in [-0.2, -0.15) is 10.2 Å². The molecule has 136 valence electrons. The first-order valence-electron chi connectivity index (χ1n) is 8.55. The number of nitrogens with one attached hydrogen (secondary N) is 1. The number of hydrogen-bond donors (Lipinski definition) is 1. The lowest BCUT2D eigenvalue weighted by atomic mass is 10.1. The van der Waals surface area contributed by atoms with Crippen LogP contribution in [0.5, 0.6) is 5.75 Å². The van der Waals surface area contributed by atoms with Crippen LogP contribution in [0.15, 0.2) is 65.7 Å². The van der Waals surface area contributed by atoms with E-state index in [2.05, 4.69) is 15.3 Å². The van der Waals surface area contributed by atoms with Crippen molar-refractivity contribution >= 4 is 0 Å². The van der Waals surface area contributed by atoms with Crippen molar-refractivity contribution in [3.05, 3.63) is 82.8 Å². The predicted octanol–water partition coefficient (Wildman–Crippen LogP) is 2.79. The number of aromatic amines is 1. The minimum absolute atomic E-state index is 0.203. The minimum atomic E-state index is -0.203. The Morgan fingerprint density at radius 2 is 1.93 bits per heavy atom. The normalized spacial score (nSPS) is 10.9. The maximum atomic E-state index is 13.0. The fraction of sp³-hybridized carbons (Fsp3) is 0.150. The molecule has 0 radical (unpaired) electrons. The lowest BCUT2D eigenvalue weighted by molar-refractivity contribution is 0.412. The van der Waals surface area contributed by atoms with Crippen molar-refractivity contribution in [1.29, 1.82) is 0 Å². The Hall–Kier alpha value is -3.61. The van der Waals surface area contributed by atoms with Gasteiger partial charge in [0.25, 0.3) is 0 Å². The standard InChI is InChI=1S/C20H19N5O2/c1-14-23-24(13-15-6-4-3-5-7-15)20(26)25(14)18-9-8-16(10-19(18)27-2)17-11-21-22-12-17/h3-12H,13H2,1-2H3,(H,21,22). The van der Waals surface area contributed by atoms with E-state index in [4.69, 9.17) is 4.74 Å². The summed E-state index contributed by atoms with van der Waals surface area (Å²) >= 11 is 0. The highest BCUT2D eigenvalue weighted by Gasteiger charge is 2.16. The van der Waals surface area contributed by atoms with Crippen LogP contribution in [0.2, 0.25) is 0 Å². The number of aryl methyl sites for hydroxylation is 1. The second-order valence-corrected chi connectivity index (χ2v) is 6.18. The van der Waals surface area contributed by atoms with E-state index < -0.39 is 0 Å². The molecule has 0 atom stereocenters. The second kappa shape index (κ2) is 6.95. The molecule has 1 N–H and O–H groups in total. The summed E-state index contributed by atoms with van der Waals surface area (Å²) in [6.07, 6.45) is 3.55. The van der Waals surface area contributed by atoms with Gasteiger partial charge in [-0.3, -0.25) is 5.10 Å². The summed E-state index contributed by atoms with van der Waals surface area (Å²) in [5.74, 6) is 1.20. The molecular formula is C20H19N5O2. The van der Waals surface area contributed by atoms with Crippen molar-refractivity contribution in [2.75, 3.05) is 7.11 Å². The van der Waals surface area contributed by atoms with Gasteiger partial charge in [0, 0.05) is 11.8 Å². The van der Waals surface area contributed by atoms with E-state index in [9.17, 15) is 4.79 Å². The molecule has 0 fully saturated rings. The molecule has 4 rings (SSSR count). The molecule has 2 aromatic heterocycles. The summed E-state index contributed by atoms with van der Waals surface area (Å²) in [6.45, 7) is 2.23. The molecule has 7 heteroatoms. The largest absolute Gasteiger partial charge is 0.495 e. The van der Waals surface area contributed by atoms with Gasteiger partial charge in [0.15, 0.2) is 0 Å². The Labute approximate surface area is 155 Å². The number of aromatic nitrogens is 5. The summed E-state index contributed by atoms with van der Waals surface area (Å²) in [7, 11) is 1.59. The SMILES string of the molecule is COc1cc(-c2cn[nH]c2)ccc1-n1c(C)nn(Cc2ccccc2)c1=O. The fourth-order valence-corrected chi connectivity index (χ4v) is 3.10. The number of benzene rings is 2. The van der Waals surface area contributed by atoms with Crippen molar-refractivity contribution in [2.24, 2.45) is 0 Å². The summed E-state index contributed by atoms with van der Waals surface area (Å²) in [5, 5.41) is 11.2. The number of hydrogen-bond acceptors (Lipinski definition) is 4. The van der Waals surface area contributed by atoms with Gasteiger partial charge in [-0.1, -0.05) is 36.4 Å². The maximum Gasteiger partial charge on any atom is 0.351 e. The Morgan fingerprint density at radius 3 is 2.63 bits per heavy atom. The summed E-state index contributed by atoms with van der Waals surface area (Å²) in [4.78, 5) is 13.0. The highest BCUT2D eigenvalue weighted by Crippen LogP contribution is 2.29. The first-order valence-corrected chi connectivity index (χ1v) is 8.55. The summed E-state index contributed by atoms with van der Waals surface area (Å²) in [5.41, 5.74) is 3.37. The average Bonchev–Trinajstić information content (AvgIpc) is 3.31. The van der Waals surface area contributed by atoms with E-state index in [1.165, 1.54) is 4.68 Å². The number of nitrogens with zero attached hydrogens (tertiary/aromatic N) is 4. The number of methoxy groups -OCH3 is 1. The monoisotopic (exact) mass is 361 g/mol. The second-order valence-electron chi connectivity index (χ2n) is 6.18. The Balaban J connectivity index is 1.76. The Bertz CT molecular complexity index is 1110. The van der Waals surface area contributed by atoms with Crippen molar-refractivity contribution in [1.82, 2.24) is 24.5 Å². The zero-order valence-electron chi connectivity index (χ0n) is 15.1. The summed E-state index contributed by atoms with van der Waals surface area (Å²) < 4.78 is 8.59. The lowest BCUT2D eigenvalue weighted by Crippen LogP contribution is -2.25. The van der Waals surface area contributed by atoms with Crippen LogP contribution in [0, 0.1) is 6.92 Å². The molecule has 0 aliphatic heterocycles. The van der Waals surface area contributed by atoms with Gasteiger partial charge < -0.3 is 4.74 Å². The van der Waals surface area contributed by atoms with Gasteiger partial charge in [0.2, 0.25) is 0 Å². The topological polar surface area (TPSA) is 77.7 Å². The van der Waals surface area contributed by atoms with Gasteiger partial charge in [-0.15, -0.1) is 0 Å². The number of rotatable bonds is 5. The van der Waals surface area contributed by atoms with E-state index in [-0.39, 0.29) is 5.69 Å². The molecule has 0 saturated heterocycles. The number of H-pyrrole nitrogens is 1. The zero-order valence-corrected chi connectivity index (χ0v) is 15.1. The van der Waals surface area contributed by atoms with Crippen LogP contribution >= 0.6 is 0 Å². The van der Waals surface area contributed by atoms with E-state index in [0.29, 0.717) is 23.8 Å². The molecule has 2 heterocycles. The highest BCUT2D eigenvalue weighted by molar-refractivity contribution is 5.67. The van der Waals surface area contributed by atoms with Crippen LogP contribution < -0.4 is 10.4 Å². The van der Waals surface area contributed by atoms with Crippen molar-refractivity contribution in [3.63, 3.8) is 0 Å². The van der Waals surface area contributed by atoms with Crippen LogP contribution in [-0.4, -0.2) is 31.7 Å².